The van der Waals surface area contributed by atoms with E-state index >= 15 is 0 Å². The minimum Gasteiger partial charge on any atom is -0.290 e. The van der Waals surface area contributed by atoms with Gasteiger partial charge in [0.2, 0.25) is 0 Å². The standard InChI is InChI=1S/C23H29N5O2S/c1-17-4-8-20(9-5-17)22(27-14-12-19(3)13-15-27)23-24-25-26-28(23)16-31(29,30)21-10-6-18(2)7-11-21/h4-11,19,22H,12-16H2,1-3H3/t22-/m1/s1. The van der Waals surface area contributed by atoms with Gasteiger partial charge in [0.15, 0.2) is 21.5 Å². The molecule has 8 heteroatoms. The molecule has 2 heterocycles. The fourth-order valence-electron chi connectivity index (χ4n) is 4.04. The summed E-state index contributed by atoms with van der Waals surface area (Å²) in [7, 11) is -3.58. The van der Waals surface area contributed by atoms with Crippen LogP contribution in [0.15, 0.2) is 53.4 Å². The summed E-state index contributed by atoms with van der Waals surface area (Å²) >= 11 is 0. The molecular formula is C23H29N5O2S. The smallest absolute Gasteiger partial charge is 0.198 e. The molecule has 1 fully saturated rings. The first-order chi connectivity index (χ1) is 14.8. The predicted octanol–water partition coefficient (Wildman–Crippen LogP) is 3.54. The molecule has 1 saturated heterocycles. The molecule has 4 rings (SSSR count). The summed E-state index contributed by atoms with van der Waals surface area (Å²) in [5.74, 6) is 0.965. The van der Waals surface area contributed by atoms with E-state index in [0.717, 1.165) is 37.1 Å². The van der Waals surface area contributed by atoms with Crippen LogP contribution in [0.1, 0.15) is 48.3 Å². The summed E-state index contributed by atoms with van der Waals surface area (Å²) in [5, 5.41) is 12.2. The van der Waals surface area contributed by atoms with Gasteiger partial charge in [0.1, 0.15) is 0 Å². The Balaban J connectivity index is 1.69. The van der Waals surface area contributed by atoms with Crippen molar-refractivity contribution in [1.82, 2.24) is 25.1 Å². The second-order valence-corrected chi connectivity index (χ2v) is 10.6. The largest absolute Gasteiger partial charge is 0.290 e. The fourth-order valence-corrected chi connectivity index (χ4v) is 5.24. The van der Waals surface area contributed by atoms with E-state index in [2.05, 4.69) is 58.5 Å². The molecule has 31 heavy (non-hydrogen) atoms. The van der Waals surface area contributed by atoms with Gasteiger partial charge in [-0.2, -0.15) is 0 Å². The lowest BCUT2D eigenvalue weighted by atomic mass is 9.95. The molecule has 1 atom stereocenters. The van der Waals surface area contributed by atoms with Gasteiger partial charge in [0.25, 0.3) is 0 Å². The zero-order chi connectivity index (χ0) is 22.0. The number of benzene rings is 2. The van der Waals surface area contributed by atoms with Crippen molar-refractivity contribution in [2.75, 3.05) is 13.1 Å². The number of aromatic nitrogens is 4. The number of aryl methyl sites for hydroxylation is 2. The molecule has 2 aromatic carbocycles. The number of tetrazole rings is 1. The summed E-state index contributed by atoms with van der Waals surface area (Å²) < 4.78 is 27.6. The minimum absolute atomic E-state index is 0.184. The SMILES string of the molecule is Cc1ccc([C@H](c2nnnn2CS(=O)(=O)c2ccc(C)cc2)N2CCC(C)CC2)cc1. The summed E-state index contributed by atoms with van der Waals surface area (Å²) in [5.41, 5.74) is 3.26. The van der Waals surface area contributed by atoms with Gasteiger partial charge >= 0.3 is 0 Å². The van der Waals surface area contributed by atoms with Crippen LogP contribution in [-0.2, 0) is 15.7 Å². The van der Waals surface area contributed by atoms with Gasteiger partial charge in [0, 0.05) is 0 Å². The Morgan fingerprint density at radius 3 is 2.16 bits per heavy atom. The Morgan fingerprint density at radius 2 is 1.55 bits per heavy atom. The van der Waals surface area contributed by atoms with Crippen molar-refractivity contribution in [1.29, 1.82) is 0 Å². The number of nitrogens with zero attached hydrogens (tertiary/aromatic N) is 5. The van der Waals surface area contributed by atoms with Crippen molar-refractivity contribution in [2.45, 2.75) is 50.4 Å². The normalized spacial score (nSPS) is 17.0. The maximum absolute atomic E-state index is 13.1. The first-order valence-electron chi connectivity index (χ1n) is 10.7. The van der Waals surface area contributed by atoms with Crippen LogP contribution in [0.2, 0.25) is 0 Å². The summed E-state index contributed by atoms with van der Waals surface area (Å²) in [6, 6.07) is 15.0. The molecule has 0 amide bonds. The predicted molar refractivity (Wildman–Crippen MR) is 119 cm³/mol. The van der Waals surface area contributed by atoms with Crippen LogP contribution in [0.25, 0.3) is 0 Å². The maximum Gasteiger partial charge on any atom is 0.198 e. The van der Waals surface area contributed by atoms with Crippen molar-refractivity contribution >= 4 is 9.84 Å². The van der Waals surface area contributed by atoms with E-state index in [4.69, 9.17) is 0 Å². The minimum atomic E-state index is -3.58. The van der Waals surface area contributed by atoms with Crippen molar-refractivity contribution in [3.8, 4) is 0 Å². The van der Waals surface area contributed by atoms with Crippen LogP contribution in [0.3, 0.4) is 0 Å². The van der Waals surface area contributed by atoms with Crippen LogP contribution in [0.4, 0.5) is 0 Å². The third kappa shape index (κ3) is 4.85. The van der Waals surface area contributed by atoms with Gasteiger partial charge in [0.05, 0.1) is 10.9 Å². The number of rotatable bonds is 6. The second-order valence-electron chi connectivity index (χ2n) is 8.63. The average molecular weight is 440 g/mol. The number of sulfone groups is 1. The Labute approximate surface area is 184 Å². The summed E-state index contributed by atoms with van der Waals surface area (Å²) in [6.45, 7) is 8.12. The van der Waals surface area contributed by atoms with Crippen LogP contribution < -0.4 is 0 Å². The molecule has 0 saturated carbocycles. The molecule has 1 aliphatic heterocycles. The number of likely N-dealkylation sites (tertiary alicyclic amines) is 1. The zero-order valence-corrected chi connectivity index (χ0v) is 19.1. The van der Waals surface area contributed by atoms with E-state index in [1.165, 1.54) is 10.2 Å². The van der Waals surface area contributed by atoms with Crippen LogP contribution in [0.5, 0.6) is 0 Å². The highest BCUT2D eigenvalue weighted by atomic mass is 32.2. The number of hydrogen-bond donors (Lipinski definition) is 0. The molecule has 0 spiro atoms. The monoisotopic (exact) mass is 439 g/mol. The highest BCUT2D eigenvalue weighted by Crippen LogP contribution is 2.31. The molecule has 0 aliphatic carbocycles. The van der Waals surface area contributed by atoms with Crippen LogP contribution in [-0.4, -0.2) is 46.6 Å². The van der Waals surface area contributed by atoms with Gasteiger partial charge in [-0.3, -0.25) is 4.90 Å². The molecule has 1 aromatic heterocycles. The van der Waals surface area contributed by atoms with Gasteiger partial charge in [-0.15, -0.1) is 5.10 Å². The third-order valence-corrected chi connectivity index (χ3v) is 7.63. The summed E-state index contributed by atoms with van der Waals surface area (Å²) in [4.78, 5) is 2.64. The number of piperidine rings is 1. The second kappa shape index (κ2) is 8.88. The molecule has 3 aromatic rings. The highest BCUT2D eigenvalue weighted by Gasteiger charge is 2.31. The molecular weight excluding hydrogens is 410 g/mol. The topological polar surface area (TPSA) is 81.0 Å². The van der Waals surface area contributed by atoms with E-state index in [1.807, 2.05) is 6.92 Å². The van der Waals surface area contributed by atoms with Crippen LogP contribution in [0, 0.1) is 19.8 Å². The Hall–Kier alpha value is -2.58. The lowest BCUT2D eigenvalue weighted by Gasteiger charge is -2.36. The van der Waals surface area contributed by atoms with Crippen molar-refractivity contribution in [3.05, 3.63) is 71.0 Å². The first-order valence-corrected chi connectivity index (χ1v) is 12.3. The van der Waals surface area contributed by atoms with E-state index in [0.29, 0.717) is 11.7 Å². The molecule has 0 N–H and O–H groups in total. The summed E-state index contributed by atoms with van der Waals surface area (Å²) in [6.07, 6.45) is 2.21. The van der Waals surface area contributed by atoms with E-state index in [1.54, 1.807) is 24.3 Å². The Bertz CT molecular complexity index is 1120. The Kier molecular flexibility index (Phi) is 6.20. The average Bonchev–Trinajstić information content (AvgIpc) is 3.18. The molecule has 0 unspecified atom stereocenters. The molecule has 0 radical (unpaired) electrons. The van der Waals surface area contributed by atoms with E-state index in [-0.39, 0.29) is 16.8 Å². The molecule has 7 nitrogen and oxygen atoms in total. The van der Waals surface area contributed by atoms with Crippen molar-refractivity contribution in [3.63, 3.8) is 0 Å². The van der Waals surface area contributed by atoms with Gasteiger partial charge in [-0.05, 0) is 73.8 Å². The van der Waals surface area contributed by atoms with Crippen LogP contribution >= 0.6 is 0 Å². The molecule has 164 valence electrons. The quantitative estimate of drug-likeness (QED) is 0.584. The highest BCUT2D eigenvalue weighted by molar-refractivity contribution is 7.90. The van der Waals surface area contributed by atoms with Gasteiger partial charge in [-0.25, -0.2) is 13.1 Å². The third-order valence-electron chi connectivity index (χ3n) is 6.05. The zero-order valence-electron chi connectivity index (χ0n) is 18.3. The maximum atomic E-state index is 13.1. The molecule has 0 bridgehead atoms. The number of hydrogen-bond acceptors (Lipinski definition) is 6. The van der Waals surface area contributed by atoms with E-state index < -0.39 is 9.84 Å². The van der Waals surface area contributed by atoms with Crippen molar-refractivity contribution < 1.29 is 8.42 Å². The lowest BCUT2D eigenvalue weighted by molar-refractivity contribution is 0.150. The lowest BCUT2D eigenvalue weighted by Crippen LogP contribution is -2.38. The first kappa shape index (κ1) is 21.6. The van der Waals surface area contributed by atoms with Gasteiger partial charge < -0.3 is 0 Å². The van der Waals surface area contributed by atoms with E-state index in [9.17, 15) is 8.42 Å². The van der Waals surface area contributed by atoms with Crippen molar-refractivity contribution in [2.24, 2.45) is 5.92 Å². The molecule has 1 aliphatic rings. The fraction of sp³-hybridized carbons (Fsp3) is 0.435. The van der Waals surface area contributed by atoms with Gasteiger partial charge in [-0.1, -0.05) is 54.4 Å². The Morgan fingerprint density at radius 1 is 0.968 bits per heavy atom.